The van der Waals surface area contributed by atoms with Crippen LogP contribution in [0.2, 0.25) is 0 Å². The number of ether oxygens (including phenoxy) is 1. The van der Waals surface area contributed by atoms with E-state index in [-0.39, 0.29) is 6.10 Å². The number of aromatic nitrogens is 2. The number of benzene rings is 2. The topological polar surface area (TPSA) is 81.3 Å². The van der Waals surface area contributed by atoms with E-state index < -0.39 is 5.91 Å². The smallest absolute Gasteiger partial charge is 0.248 e. The van der Waals surface area contributed by atoms with Gasteiger partial charge < -0.3 is 10.5 Å². The Bertz CT molecular complexity index is 1230. The Morgan fingerprint density at radius 3 is 2.62 bits per heavy atom. The highest BCUT2D eigenvalue weighted by Crippen LogP contribution is 2.26. The second-order valence-electron chi connectivity index (χ2n) is 8.00. The largest absolute Gasteiger partial charge is 0.369 e. The molecule has 6 nitrogen and oxygen atoms in total. The third-order valence-electron chi connectivity index (χ3n) is 5.90. The van der Waals surface area contributed by atoms with E-state index in [0.29, 0.717) is 12.2 Å². The van der Waals surface area contributed by atoms with Crippen molar-refractivity contribution in [3.63, 3.8) is 0 Å². The molecule has 5 rings (SSSR count). The van der Waals surface area contributed by atoms with Crippen molar-refractivity contribution in [1.29, 1.82) is 0 Å². The Labute approximate surface area is 186 Å². The molecule has 0 saturated carbocycles. The molecule has 32 heavy (non-hydrogen) atoms. The Hall–Kier alpha value is -3.61. The fourth-order valence-electron chi connectivity index (χ4n) is 4.16. The van der Waals surface area contributed by atoms with Crippen LogP contribution in [-0.4, -0.2) is 40.5 Å². The minimum Gasteiger partial charge on any atom is -0.369 e. The number of nitrogens with zero attached hydrogens (tertiary/aromatic N) is 3. The van der Waals surface area contributed by atoms with E-state index in [2.05, 4.69) is 33.1 Å². The molecular weight excluding hydrogens is 400 g/mol. The summed E-state index contributed by atoms with van der Waals surface area (Å²) in [7, 11) is 0. The Balaban J connectivity index is 1.29. The average molecular weight is 425 g/mol. The van der Waals surface area contributed by atoms with Gasteiger partial charge in [-0.15, -0.1) is 0 Å². The van der Waals surface area contributed by atoms with E-state index in [1.54, 1.807) is 12.1 Å². The normalized spacial score (nSPS) is 16.8. The number of carbonyl (C=O) groups excluding carboxylic acids is 1. The Morgan fingerprint density at radius 2 is 1.84 bits per heavy atom. The van der Waals surface area contributed by atoms with Gasteiger partial charge in [0.2, 0.25) is 5.91 Å². The Morgan fingerprint density at radius 1 is 1.00 bits per heavy atom. The number of morpholine rings is 1. The minimum absolute atomic E-state index is 0.0665. The van der Waals surface area contributed by atoms with Crippen LogP contribution in [0.5, 0.6) is 0 Å². The third-order valence-corrected chi connectivity index (χ3v) is 5.90. The minimum atomic E-state index is -0.427. The predicted molar refractivity (Wildman–Crippen MR) is 124 cm³/mol. The van der Waals surface area contributed by atoms with E-state index in [0.717, 1.165) is 42.0 Å². The van der Waals surface area contributed by atoms with Crippen LogP contribution in [0, 0.1) is 0 Å². The zero-order valence-electron chi connectivity index (χ0n) is 17.6. The van der Waals surface area contributed by atoms with Gasteiger partial charge in [-0.1, -0.05) is 36.4 Å². The summed E-state index contributed by atoms with van der Waals surface area (Å²) in [5.74, 6) is -0.427. The molecule has 1 amide bonds. The lowest BCUT2D eigenvalue weighted by Crippen LogP contribution is -2.38. The molecule has 0 radical (unpaired) electrons. The van der Waals surface area contributed by atoms with Gasteiger partial charge >= 0.3 is 0 Å². The number of amides is 1. The first-order valence-electron chi connectivity index (χ1n) is 10.7. The summed E-state index contributed by atoms with van der Waals surface area (Å²) >= 11 is 0. The van der Waals surface area contributed by atoms with Crippen LogP contribution in [-0.2, 0) is 11.3 Å². The molecule has 1 aliphatic rings. The molecule has 2 aromatic carbocycles. The fourth-order valence-corrected chi connectivity index (χ4v) is 4.16. The molecule has 2 N–H and O–H groups in total. The summed E-state index contributed by atoms with van der Waals surface area (Å²) < 4.78 is 6.04. The first kappa shape index (κ1) is 20.3. The molecule has 0 spiro atoms. The lowest BCUT2D eigenvalue weighted by Gasteiger charge is -2.33. The van der Waals surface area contributed by atoms with Crippen LogP contribution in [0.1, 0.15) is 27.7 Å². The number of nitrogens with two attached hydrogens (primary N) is 1. The van der Waals surface area contributed by atoms with Gasteiger partial charge in [-0.05, 0) is 41.5 Å². The number of carbonyl (C=O) groups is 1. The number of hydrogen-bond acceptors (Lipinski definition) is 5. The number of pyridine rings is 2. The maximum atomic E-state index is 11.3. The summed E-state index contributed by atoms with van der Waals surface area (Å²) in [6.07, 6.45) is 3.62. The average Bonchev–Trinajstić information content (AvgIpc) is 2.85. The molecule has 6 heteroatoms. The van der Waals surface area contributed by atoms with Crippen LogP contribution in [0.4, 0.5) is 0 Å². The standard InChI is InChI=1S/C26H24N4O2/c27-26(31)19-8-6-18(7-9-19)20-10-11-24(29-15-20)25-17-30(13-14-32-25)16-21-3-1-5-23-22(21)4-2-12-28-23/h1-12,15,25H,13-14,16-17H2,(H2,27,31)/t25-/m1/s1. The van der Waals surface area contributed by atoms with E-state index in [9.17, 15) is 4.79 Å². The molecular formula is C26H24N4O2. The van der Waals surface area contributed by atoms with Crippen molar-refractivity contribution in [3.05, 3.63) is 95.9 Å². The zero-order chi connectivity index (χ0) is 21.9. The SMILES string of the molecule is NC(=O)c1ccc(-c2ccc([C@H]3CN(Cc4cccc5ncccc45)CCO3)nc2)cc1. The van der Waals surface area contributed by atoms with Crippen LogP contribution < -0.4 is 5.73 Å². The summed E-state index contributed by atoms with van der Waals surface area (Å²) in [6.45, 7) is 3.20. The highest BCUT2D eigenvalue weighted by atomic mass is 16.5. The number of hydrogen-bond donors (Lipinski definition) is 1. The molecule has 4 aromatic rings. The van der Waals surface area contributed by atoms with E-state index in [1.807, 2.05) is 48.8 Å². The van der Waals surface area contributed by atoms with Gasteiger partial charge in [-0.3, -0.25) is 19.7 Å². The van der Waals surface area contributed by atoms with Gasteiger partial charge in [0, 0.05) is 48.5 Å². The number of primary amides is 1. The van der Waals surface area contributed by atoms with Gasteiger partial charge in [0.25, 0.3) is 0 Å². The number of rotatable bonds is 5. The molecule has 0 aliphatic carbocycles. The molecule has 0 unspecified atom stereocenters. The molecule has 1 fully saturated rings. The van der Waals surface area contributed by atoms with Crippen molar-refractivity contribution in [2.45, 2.75) is 12.6 Å². The van der Waals surface area contributed by atoms with Crippen molar-refractivity contribution < 1.29 is 9.53 Å². The molecule has 1 atom stereocenters. The van der Waals surface area contributed by atoms with Crippen molar-refractivity contribution in [2.24, 2.45) is 5.73 Å². The van der Waals surface area contributed by atoms with E-state index >= 15 is 0 Å². The molecule has 3 heterocycles. The molecule has 0 bridgehead atoms. The first-order valence-corrected chi connectivity index (χ1v) is 10.7. The summed E-state index contributed by atoms with van der Waals surface area (Å²) in [5.41, 5.74) is 11.0. The lowest BCUT2D eigenvalue weighted by molar-refractivity contribution is -0.0348. The maximum Gasteiger partial charge on any atom is 0.248 e. The number of fused-ring (bicyclic) bond motifs is 1. The van der Waals surface area contributed by atoms with Crippen LogP contribution in [0.15, 0.2) is 79.1 Å². The summed E-state index contributed by atoms with van der Waals surface area (Å²) in [6, 6.07) is 21.7. The van der Waals surface area contributed by atoms with Gasteiger partial charge in [0.05, 0.1) is 17.8 Å². The fraction of sp³-hybridized carbons (Fsp3) is 0.192. The van der Waals surface area contributed by atoms with Gasteiger partial charge in [-0.2, -0.15) is 0 Å². The first-order chi connectivity index (χ1) is 15.7. The van der Waals surface area contributed by atoms with Crippen LogP contribution in [0.3, 0.4) is 0 Å². The molecule has 1 saturated heterocycles. The van der Waals surface area contributed by atoms with Crippen molar-refractivity contribution in [2.75, 3.05) is 19.7 Å². The third kappa shape index (κ3) is 4.23. The second kappa shape index (κ2) is 8.86. The van der Waals surface area contributed by atoms with Crippen molar-refractivity contribution in [1.82, 2.24) is 14.9 Å². The molecule has 2 aromatic heterocycles. The molecule has 160 valence electrons. The second-order valence-corrected chi connectivity index (χ2v) is 8.00. The maximum absolute atomic E-state index is 11.3. The van der Waals surface area contributed by atoms with Gasteiger partial charge in [0.1, 0.15) is 6.10 Å². The van der Waals surface area contributed by atoms with Crippen LogP contribution in [0.25, 0.3) is 22.0 Å². The van der Waals surface area contributed by atoms with Crippen LogP contribution >= 0.6 is 0 Å². The van der Waals surface area contributed by atoms with Crippen molar-refractivity contribution in [3.8, 4) is 11.1 Å². The monoisotopic (exact) mass is 424 g/mol. The van der Waals surface area contributed by atoms with Gasteiger partial charge in [0.15, 0.2) is 0 Å². The quantitative estimate of drug-likeness (QED) is 0.524. The summed E-state index contributed by atoms with van der Waals surface area (Å²) in [4.78, 5) is 22.8. The lowest BCUT2D eigenvalue weighted by atomic mass is 10.0. The predicted octanol–water partition coefficient (Wildman–Crippen LogP) is 3.97. The van der Waals surface area contributed by atoms with Gasteiger partial charge in [-0.25, -0.2) is 0 Å². The van der Waals surface area contributed by atoms with E-state index in [4.69, 9.17) is 10.5 Å². The Kier molecular flexibility index (Phi) is 5.62. The summed E-state index contributed by atoms with van der Waals surface area (Å²) in [5, 5.41) is 1.20. The van der Waals surface area contributed by atoms with Crippen molar-refractivity contribution >= 4 is 16.8 Å². The zero-order valence-corrected chi connectivity index (χ0v) is 17.6. The molecule has 1 aliphatic heterocycles. The highest BCUT2D eigenvalue weighted by molar-refractivity contribution is 5.93. The highest BCUT2D eigenvalue weighted by Gasteiger charge is 2.23. The van der Waals surface area contributed by atoms with E-state index in [1.165, 1.54) is 10.9 Å².